The zero-order valence-corrected chi connectivity index (χ0v) is 24.2. The van der Waals surface area contributed by atoms with Gasteiger partial charge < -0.3 is 14.1 Å². The van der Waals surface area contributed by atoms with Gasteiger partial charge in [0.1, 0.15) is 22.7 Å². The van der Waals surface area contributed by atoms with Gasteiger partial charge in [-0.25, -0.2) is 4.98 Å². The summed E-state index contributed by atoms with van der Waals surface area (Å²) in [6.07, 6.45) is 0. The van der Waals surface area contributed by atoms with E-state index in [9.17, 15) is 5.11 Å². The van der Waals surface area contributed by atoms with Crippen LogP contribution in [-0.2, 0) is 28.1 Å². The molecule has 41 heavy (non-hydrogen) atoms. The Bertz CT molecular complexity index is 2250. The molecule has 0 bridgehead atoms. The normalized spacial score (nSPS) is 11.4. The second-order valence-electron chi connectivity index (χ2n) is 9.98. The third-order valence-corrected chi connectivity index (χ3v) is 7.63. The summed E-state index contributed by atoms with van der Waals surface area (Å²) in [6, 6.07) is 39.3. The van der Waals surface area contributed by atoms with Gasteiger partial charge >= 0.3 is 0 Å². The van der Waals surface area contributed by atoms with Crippen molar-refractivity contribution in [3.05, 3.63) is 115 Å². The third kappa shape index (κ3) is 3.96. The topological polar surface area (TPSA) is 64.1 Å². The van der Waals surface area contributed by atoms with Crippen LogP contribution in [0.4, 0.5) is 0 Å². The van der Waals surface area contributed by atoms with Crippen LogP contribution in [0.5, 0.6) is 5.75 Å². The van der Waals surface area contributed by atoms with Crippen molar-refractivity contribution in [2.75, 3.05) is 0 Å². The summed E-state index contributed by atoms with van der Waals surface area (Å²) < 4.78 is 8.01. The minimum Gasteiger partial charge on any atom is -0.507 e. The van der Waals surface area contributed by atoms with E-state index >= 15 is 0 Å². The summed E-state index contributed by atoms with van der Waals surface area (Å²) >= 11 is 0. The van der Waals surface area contributed by atoms with Crippen LogP contribution in [0.25, 0.3) is 77.6 Å². The van der Waals surface area contributed by atoms with E-state index in [-0.39, 0.29) is 26.8 Å². The van der Waals surface area contributed by atoms with Gasteiger partial charge in [0.05, 0.1) is 22.3 Å². The van der Waals surface area contributed by atoms with Crippen molar-refractivity contribution in [1.82, 2.24) is 14.5 Å². The van der Waals surface area contributed by atoms with Gasteiger partial charge in [0.2, 0.25) is 0 Å². The van der Waals surface area contributed by atoms with Crippen LogP contribution in [0.1, 0.15) is 0 Å². The van der Waals surface area contributed by atoms with Gasteiger partial charge in [0.15, 0.2) is 0 Å². The summed E-state index contributed by atoms with van der Waals surface area (Å²) in [5.41, 5.74) is 7.45. The Morgan fingerprint density at radius 1 is 0.732 bits per heavy atom. The molecule has 5 nitrogen and oxygen atoms in total. The zero-order valence-electron chi connectivity index (χ0n) is 21.9. The number of benzene rings is 5. The van der Waals surface area contributed by atoms with E-state index in [4.69, 9.17) is 14.4 Å². The smallest absolute Gasteiger partial charge is 0.144 e. The maximum Gasteiger partial charge on any atom is 0.144 e. The van der Waals surface area contributed by atoms with E-state index in [1.165, 1.54) is 0 Å². The number of fused-ring (bicyclic) bond motifs is 5. The van der Waals surface area contributed by atoms with E-state index in [0.29, 0.717) is 17.0 Å². The SMILES string of the molecule is Cn1c(-c2cc3c(cc2O)oc2ccccc23)nc2c(-c3nc(-c4[c-]cccc4)cc4ccccc34)cccc21.[Pt]. The third-order valence-electron chi connectivity index (χ3n) is 7.63. The van der Waals surface area contributed by atoms with Gasteiger partial charge in [-0.2, -0.15) is 0 Å². The van der Waals surface area contributed by atoms with E-state index in [1.807, 2.05) is 84.4 Å². The molecule has 6 heteroatoms. The molecule has 3 heterocycles. The Balaban J connectivity index is 0.00000276. The molecule has 0 aliphatic heterocycles. The fourth-order valence-electron chi connectivity index (χ4n) is 5.68. The van der Waals surface area contributed by atoms with Gasteiger partial charge in [-0.3, -0.25) is 4.98 Å². The van der Waals surface area contributed by atoms with Crippen molar-refractivity contribution in [3.8, 4) is 39.7 Å². The van der Waals surface area contributed by atoms with Crippen molar-refractivity contribution >= 4 is 43.7 Å². The fraction of sp³-hybridized carbons (Fsp3) is 0.0286. The van der Waals surface area contributed by atoms with Crippen molar-refractivity contribution in [2.24, 2.45) is 7.05 Å². The first-order valence-electron chi connectivity index (χ1n) is 13.1. The molecule has 0 saturated carbocycles. The summed E-state index contributed by atoms with van der Waals surface area (Å²) in [5, 5.41) is 15.2. The number of nitrogens with zero attached hydrogens (tertiary/aromatic N) is 3. The van der Waals surface area contributed by atoms with E-state index in [1.54, 1.807) is 6.07 Å². The number of aromatic hydroxyl groups is 1. The second kappa shape index (κ2) is 9.72. The molecule has 0 fully saturated rings. The van der Waals surface area contributed by atoms with Crippen LogP contribution in [0.2, 0.25) is 0 Å². The maximum absolute atomic E-state index is 11.1. The predicted octanol–water partition coefficient (Wildman–Crippen LogP) is 8.53. The number of rotatable bonds is 3. The average molecular weight is 712 g/mol. The molecule has 0 radical (unpaired) electrons. The first kappa shape index (κ1) is 25.3. The van der Waals surface area contributed by atoms with Crippen LogP contribution in [0, 0.1) is 6.07 Å². The number of furan rings is 1. The maximum atomic E-state index is 11.1. The minimum atomic E-state index is 0. The van der Waals surface area contributed by atoms with Gasteiger partial charge in [-0.1, -0.05) is 60.7 Å². The summed E-state index contributed by atoms with van der Waals surface area (Å²) in [4.78, 5) is 10.3. The average Bonchev–Trinajstić information content (AvgIpc) is 3.53. The number of aromatic nitrogens is 3. The molecule has 3 aromatic heterocycles. The Labute approximate surface area is 250 Å². The number of aryl methyl sites for hydroxylation is 1. The Hall–Kier alpha value is -4.73. The van der Waals surface area contributed by atoms with Gasteiger partial charge in [-0.15, -0.1) is 35.9 Å². The molecule has 0 saturated heterocycles. The second-order valence-corrected chi connectivity index (χ2v) is 9.98. The van der Waals surface area contributed by atoms with E-state index in [2.05, 4.69) is 36.4 Å². The molecular formula is C35H22N3O2Pt-. The first-order valence-corrected chi connectivity index (χ1v) is 13.1. The van der Waals surface area contributed by atoms with Crippen molar-refractivity contribution < 1.29 is 30.6 Å². The molecule has 0 aliphatic carbocycles. The Morgan fingerprint density at radius 3 is 2.39 bits per heavy atom. The van der Waals surface area contributed by atoms with E-state index in [0.717, 1.165) is 60.7 Å². The quantitative estimate of drug-likeness (QED) is 0.187. The van der Waals surface area contributed by atoms with Crippen LogP contribution >= 0.6 is 0 Å². The molecule has 0 aliphatic rings. The molecule has 0 amide bonds. The molecule has 1 N–H and O–H groups in total. The van der Waals surface area contributed by atoms with Crippen LogP contribution in [-0.4, -0.2) is 19.6 Å². The zero-order chi connectivity index (χ0) is 26.8. The fourth-order valence-corrected chi connectivity index (χ4v) is 5.68. The van der Waals surface area contributed by atoms with Crippen molar-refractivity contribution in [1.29, 1.82) is 0 Å². The summed E-state index contributed by atoms with van der Waals surface area (Å²) in [5.74, 6) is 0.792. The number of hydrogen-bond donors (Lipinski definition) is 1. The first-order chi connectivity index (χ1) is 19.7. The summed E-state index contributed by atoms with van der Waals surface area (Å²) in [6.45, 7) is 0. The Kier molecular flexibility index (Phi) is 5.99. The van der Waals surface area contributed by atoms with Crippen molar-refractivity contribution in [2.45, 2.75) is 0 Å². The number of imidazole rings is 1. The van der Waals surface area contributed by atoms with Gasteiger partial charge in [-0.05, 0) is 29.3 Å². The monoisotopic (exact) mass is 711 g/mol. The van der Waals surface area contributed by atoms with Crippen LogP contribution in [0.15, 0.2) is 114 Å². The van der Waals surface area contributed by atoms with Gasteiger partial charge in [0, 0.05) is 55.9 Å². The minimum absolute atomic E-state index is 0. The molecular weight excluding hydrogens is 689 g/mol. The predicted molar refractivity (Wildman–Crippen MR) is 160 cm³/mol. The van der Waals surface area contributed by atoms with Crippen LogP contribution in [0.3, 0.4) is 0 Å². The number of hydrogen-bond acceptors (Lipinski definition) is 4. The molecule has 8 aromatic rings. The standard InChI is InChI=1S/C35H22N3O2.Pt/c1-38-29-16-9-15-25(33-23-13-6-5-12-22(23)18-28(36-33)21-10-3-2-4-11-21)34(29)37-35(38)27-19-26-24-14-7-8-17-31(24)40-32(26)20-30(27)39;/h2-10,12-20,39H,1H3;/q-1;. The van der Waals surface area contributed by atoms with Crippen LogP contribution < -0.4 is 0 Å². The molecule has 5 aromatic carbocycles. The van der Waals surface area contributed by atoms with Crippen molar-refractivity contribution in [3.63, 3.8) is 0 Å². The molecule has 0 spiro atoms. The molecule has 200 valence electrons. The Morgan fingerprint density at radius 2 is 1.54 bits per heavy atom. The largest absolute Gasteiger partial charge is 0.507 e. The summed E-state index contributed by atoms with van der Waals surface area (Å²) in [7, 11) is 1.98. The molecule has 0 atom stereocenters. The number of phenols is 1. The molecule has 0 unspecified atom stereocenters. The number of para-hydroxylation sites is 2. The number of phenolic OH excluding ortho intramolecular Hbond substituents is 1. The number of pyridine rings is 1. The van der Waals surface area contributed by atoms with Gasteiger partial charge in [0.25, 0.3) is 0 Å². The molecule has 8 rings (SSSR count). The van der Waals surface area contributed by atoms with E-state index < -0.39 is 0 Å².